The first-order valence-electron chi connectivity index (χ1n) is 5.45. The molecule has 0 aliphatic carbocycles. The van der Waals surface area contributed by atoms with E-state index >= 15 is 0 Å². The molecule has 0 aromatic heterocycles. The number of amides is 1. The topological polar surface area (TPSA) is 64.3 Å². The molecule has 0 spiro atoms. The van der Waals surface area contributed by atoms with Crippen molar-refractivity contribution < 1.29 is 9.53 Å². The summed E-state index contributed by atoms with van der Waals surface area (Å²) in [6.07, 6.45) is 0.201. The smallest absolute Gasteiger partial charge is 0.260 e. The van der Waals surface area contributed by atoms with Crippen LogP contribution in [0.5, 0.6) is 5.75 Å². The summed E-state index contributed by atoms with van der Waals surface area (Å²) in [6, 6.07) is 5.68. The van der Waals surface area contributed by atoms with Gasteiger partial charge < -0.3 is 15.8 Å². The molecule has 5 heteroatoms. The molecule has 17 heavy (non-hydrogen) atoms. The van der Waals surface area contributed by atoms with Crippen molar-refractivity contribution in [2.24, 2.45) is 5.73 Å². The molecule has 94 valence electrons. The minimum atomic E-state index is -0.516. The van der Waals surface area contributed by atoms with Gasteiger partial charge in [0.1, 0.15) is 5.75 Å². The Hall–Kier alpha value is -1.07. The van der Waals surface area contributed by atoms with E-state index in [2.05, 4.69) is 21.2 Å². The normalized spacial score (nSPS) is 12.0. The minimum Gasteiger partial charge on any atom is -0.481 e. The number of likely N-dealkylation sites (N-methyl/N-ethyl adjacent to an activating group) is 1. The SMILES string of the molecule is CNC(=O)C(C)Oc1ccc(Br)cc1CCN. The zero-order valence-corrected chi connectivity index (χ0v) is 11.6. The molecule has 0 saturated carbocycles. The summed E-state index contributed by atoms with van der Waals surface area (Å²) in [6.45, 7) is 2.26. The van der Waals surface area contributed by atoms with Crippen molar-refractivity contribution in [1.29, 1.82) is 0 Å². The Bertz CT molecular complexity index is 396. The summed E-state index contributed by atoms with van der Waals surface area (Å²) in [5, 5.41) is 2.55. The Balaban J connectivity index is 2.85. The number of nitrogens with two attached hydrogens (primary N) is 1. The minimum absolute atomic E-state index is 0.147. The summed E-state index contributed by atoms with van der Waals surface area (Å²) in [5.74, 6) is 0.557. The van der Waals surface area contributed by atoms with E-state index in [1.807, 2.05) is 18.2 Å². The molecule has 1 rings (SSSR count). The predicted octanol–water partition coefficient (Wildman–Crippen LogP) is 1.46. The number of halogens is 1. The number of hydrogen-bond donors (Lipinski definition) is 2. The van der Waals surface area contributed by atoms with Gasteiger partial charge in [-0.25, -0.2) is 0 Å². The fourth-order valence-electron chi connectivity index (χ4n) is 1.46. The molecular weight excluding hydrogens is 284 g/mol. The van der Waals surface area contributed by atoms with Gasteiger partial charge in [-0.05, 0) is 43.7 Å². The molecule has 0 aliphatic heterocycles. The highest BCUT2D eigenvalue weighted by Gasteiger charge is 2.14. The third-order valence-electron chi connectivity index (χ3n) is 2.36. The third-order valence-corrected chi connectivity index (χ3v) is 2.85. The van der Waals surface area contributed by atoms with Crippen molar-refractivity contribution in [3.05, 3.63) is 28.2 Å². The summed E-state index contributed by atoms with van der Waals surface area (Å²) in [7, 11) is 1.59. The highest BCUT2D eigenvalue weighted by molar-refractivity contribution is 9.10. The van der Waals surface area contributed by atoms with Crippen molar-refractivity contribution >= 4 is 21.8 Å². The van der Waals surface area contributed by atoms with Gasteiger partial charge in [0.05, 0.1) is 0 Å². The third kappa shape index (κ3) is 4.02. The molecule has 0 saturated heterocycles. The Morgan fingerprint density at radius 2 is 2.29 bits per heavy atom. The number of hydrogen-bond acceptors (Lipinski definition) is 3. The maximum atomic E-state index is 11.4. The van der Waals surface area contributed by atoms with E-state index in [0.717, 1.165) is 16.5 Å². The van der Waals surface area contributed by atoms with Gasteiger partial charge in [-0.2, -0.15) is 0 Å². The summed E-state index contributed by atoms with van der Waals surface area (Å²) in [4.78, 5) is 11.4. The number of nitrogens with one attached hydrogen (secondary N) is 1. The zero-order valence-electron chi connectivity index (χ0n) is 10.00. The lowest BCUT2D eigenvalue weighted by atomic mass is 10.1. The Morgan fingerprint density at radius 1 is 1.59 bits per heavy atom. The predicted molar refractivity (Wildman–Crippen MR) is 71.1 cm³/mol. The molecule has 0 fully saturated rings. The highest BCUT2D eigenvalue weighted by Crippen LogP contribution is 2.24. The summed E-state index contributed by atoms with van der Waals surface area (Å²) < 4.78 is 6.59. The van der Waals surface area contributed by atoms with E-state index in [-0.39, 0.29) is 5.91 Å². The Kier molecular flexibility index (Phi) is 5.44. The molecule has 1 amide bonds. The number of carbonyl (C=O) groups is 1. The van der Waals surface area contributed by atoms with Gasteiger partial charge in [-0.15, -0.1) is 0 Å². The van der Waals surface area contributed by atoms with E-state index in [1.54, 1.807) is 14.0 Å². The monoisotopic (exact) mass is 300 g/mol. The van der Waals surface area contributed by atoms with Crippen molar-refractivity contribution in [3.8, 4) is 5.75 Å². The molecule has 0 heterocycles. The van der Waals surface area contributed by atoms with Gasteiger partial charge in [0.25, 0.3) is 5.91 Å². The van der Waals surface area contributed by atoms with E-state index in [4.69, 9.17) is 10.5 Å². The first-order valence-corrected chi connectivity index (χ1v) is 6.24. The molecule has 1 aromatic rings. The second kappa shape index (κ2) is 6.61. The van der Waals surface area contributed by atoms with Gasteiger partial charge in [-0.3, -0.25) is 4.79 Å². The van der Waals surface area contributed by atoms with Crippen molar-refractivity contribution in [2.45, 2.75) is 19.4 Å². The van der Waals surface area contributed by atoms with Crippen LogP contribution >= 0.6 is 15.9 Å². The van der Waals surface area contributed by atoms with Crippen LogP contribution in [0.15, 0.2) is 22.7 Å². The van der Waals surface area contributed by atoms with Crippen LogP contribution in [0.3, 0.4) is 0 Å². The lowest BCUT2D eigenvalue weighted by Gasteiger charge is -2.16. The fourth-order valence-corrected chi connectivity index (χ4v) is 1.87. The molecule has 3 N–H and O–H groups in total. The van der Waals surface area contributed by atoms with E-state index in [0.29, 0.717) is 12.3 Å². The van der Waals surface area contributed by atoms with E-state index in [1.165, 1.54) is 0 Å². The second-order valence-corrected chi connectivity index (χ2v) is 4.58. The van der Waals surface area contributed by atoms with Crippen LogP contribution < -0.4 is 15.8 Å². The van der Waals surface area contributed by atoms with Crippen molar-refractivity contribution in [1.82, 2.24) is 5.32 Å². The average Bonchev–Trinajstić information content (AvgIpc) is 2.31. The maximum absolute atomic E-state index is 11.4. The molecule has 1 unspecified atom stereocenters. The number of carbonyl (C=O) groups excluding carboxylic acids is 1. The van der Waals surface area contributed by atoms with Crippen LogP contribution in [-0.4, -0.2) is 25.6 Å². The van der Waals surface area contributed by atoms with Gasteiger partial charge in [-0.1, -0.05) is 15.9 Å². The Labute approximate surface area is 110 Å². The molecule has 1 aromatic carbocycles. The molecule has 1 atom stereocenters. The van der Waals surface area contributed by atoms with E-state index < -0.39 is 6.10 Å². The maximum Gasteiger partial charge on any atom is 0.260 e. The lowest BCUT2D eigenvalue weighted by Crippen LogP contribution is -2.34. The number of ether oxygens (including phenoxy) is 1. The number of rotatable bonds is 5. The largest absolute Gasteiger partial charge is 0.481 e. The van der Waals surface area contributed by atoms with Gasteiger partial charge in [0.15, 0.2) is 6.10 Å². The molecular formula is C12H17BrN2O2. The average molecular weight is 301 g/mol. The molecule has 0 aliphatic rings. The lowest BCUT2D eigenvalue weighted by molar-refractivity contribution is -0.126. The standard InChI is InChI=1S/C12H17BrN2O2/c1-8(12(16)15-2)17-11-4-3-10(13)7-9(11)5-6-14/h3-4,7-8H,5-6,14H2,1-2H3,(H,15,16). The molecule has 4 nitrogen and oxygen atoms in total. The van der Waals surface area contributed by atoms with Crippen LogP contribution in [0.4, 0.5) is 0 Å². The highest BCUT2D eigenvalue weighted by atomic mass is 79.9. The second-order valence-electron chi connectivity index (χ2n) is 3.67. The van der Waals surface area contributed by atoms with Gasteiger partial charge in [0, 0.05) is 11.5 Å². The Morgan fingerprint density at radius 3 is 2.88 bits per heavy atom. The van der Waals surface area contributed by atoms with Crippen LogP contribution in [0, 0.1) is 0 Å². The molecule has 0 bridgehead atoms. The van der Waals surface area contributed by atoms with Crippen LogP contribution in [0.2, 0.25) is 0 Å². The first-order chi connectivity index (χ1) is 8.08. The summed E-state index contributed by atoms with van der Waals surface area (Å²) in [5.41, 5.74) is 6.54. The van der Waals surface area contributed by atoms with Crippen LogP contribution in [-0.2, 0) is 11.2 Å². The van der Waals surface area contributed by atoms with Crippen molar-refractivity contribution in [2.75, 3.05) is 13.6 Å². The summed E-state index contributed by atoms with van der Waals surface area (Å²) >= 11 is 3.40. The molecule has 0 radical (unpaired) electrons. The first kappa shape index (κ1) is 14.0. The quantitative estimate of drug-likeness (QED) is 0.865. The van der Waals surface area contributed by atoms with Gasteiger partial charge >= 0.3 is 0 Å². The van der Waals surface area contributed by atoms with Gasteiger partial charge in [0.2, 0.25) is 0 Å². The van der Waals surface area contributed by atoms with Crippen molar-refractivity contribution in [3.63, 3.8) is 0 Å². The zero-order chi connectivity index (χ0) is 12.8. The van der Waals surface area contributed by atoms with E-state index in [9.17, 15) is 4.79 Å². The fraction of sp³-hybridized carbons (Fsp3) is 0.417. The van der Waals surface area contributed by atoms with Crippen LogP contribution in [0.1, 0.15) is 12.5 Å². The van der Waals surface area contributed by atoms with Crippen LogP contribution in [0.25, 0.3) is 0 Å². The number of benzene rings is 1.